The molecule has 2 fully saturated rings. The number of carbonyl (C=O) groups excluding carboxylic acids is 1. The summed E-state index contributed by atoms with van der Waals surface area (Å²) in [6, 6.07) is 18.6. The number of hydrogen-bond donors (Lipinski definition) is 1. The van der Waals surface area contributed by atoms with E-state index >= 15 is 0 Å². The molecule has 0 aromatic heterocycles. The van der Waals surface area contributed by atoms with Gasteiger partial charge in [-0.1, -0.05) is 66.7 Å². The van der Waals surface area contributed by atoms with Gasteiger partial charge < -0.3 is 14.6 Å². The maximum absolute atomic E-state index is 13.1. The molecular formula is C29H35NO5. The first-order valence-corrected chi connectivity index (χ1v) is 12.6. The number of carboxylic acids is 1. The largest absolute Gasteiger partial charge is 0.481 e. The van der Waals surface area contributed by atoms with Gasteiger partial charge in [-0.25, -0.2) is 0 Å². The number of carbonyl (C=O) groups is 2. The Morgan fingerprint density at radius 3 is 2.46 bits per heavy atom. The summed E-state index contributed by atoms with van der Waals surface area (Å²) in [4.78, 5) is 26.0. The number of hydrogen-bond acceptors (Lipinski definition) is 5. The summed E-state index contributed by atoms with van der Waals surface area (Å²) in [6.45, 7) is 3.31. The zero-order valence-corrected chi connectivity index (χ0v) is 20.2. The average molecular weight is 478 g/mol. The van der Waals surface area contributed by atoms with Crippen molar-refractivity contribution >= 4 is 11.8 Å². The Morgan fingerprint density at radius 2 is 1.74 bits per heavy atom. The van der Waals surface area contributed by atoms with Gasteiger partial charge in [-0.05, 0) is 36.0 Å². The molecule has 6 nitrogen and oxygen atoms in total. The molecule has 2 aliphatic rings. The molecule has 1 heterocycles. The lowest BCUT2D eigenvalue weighted by molar-refractivity contribution is -0.137. The molecule has 35 heavy (non-hydrogen) atoms. The summed E-state index contributed by atoms with van der Waals surface area (Å²) in [6.07, 6.45) is 6.73. The highest BCUT2D eigenvalue weighted by atomic mass is 16.5. The monoisotopic (exact) mass is 477 g/mol. The van der Waals surface area contributed by atoms with Crippen LogP contribution >= 0.6 is 0 Å². The highest BCUT2D eigenvalue weighted by Crippen LogP contribution is 2.34. The van der Waals surface area contributed by atoms with Crippen molar-refractivity contribution in [2.45, 2.75) is 50.9 Å². The molecule has 1 aliphatic heterocycles. The van der Waals surface area contributed by atoms with Crippen molar-refractivity contribution in [3.05, 3.63) is 72.3 Å². The molecule has 1 saturated heterocycles. The summed E-state index contributed by atoms with van der Waals surface area (Å²) in [5.41, 5.74) is 3.45. The summed E-state index contributed by atoms with van der Waals surface area (Å²) < 4.78 is 11.9. The van der Waals surface area contributed by atoms with Crippen LogP contribution in [0.15, 0.2) is 66.7 Å². The van der Waals surface area contributed by atoms with Crippen LogP contribution in [0.4, 0.5) is 0 Å². The molecule has 2 aromatic rings. The van der Waals surface area contributed by atoms with Crippen LogP contribution in [-0.4, -0.2) is 60.2 Å². The molecule has 3 unspecified atom stereocenters. The number of carboxylic acid groups (broad SMARTS) is 1. The van der Waals surface area contributed by atoms with Gasteiger partial charge >= 0.3 is 5.97 Å². The quantitative estimate of drug-likeness (QED) is 0.373. The SMILES string of the molecule is O=C(O)CCCC=CCC1C(OCc2ccc(-c3ccccc3)cc2)CC(=O)C1N1CCOCC1. The van der Waals surface area contributed by atoms with Gasteiger partial charge in [0.25, 0.3) is 0 Å². The van der Waals surface area contributed by atoms with E-state index in [1.54, 1.807) is 0 Å². The molecule has 6 heteroatoms. The maximum Gasteiger partial charge on any atom is 0.303 e. The molecule has 0 radical (unpaired) electrons. The highest BCUT2D eigenvalue weighted by Gasteiger charge is 2.45. The fourth-order valence-corrected chi connectivity index (χ4v) is 5.08. The van der Waals surface area contributed by atoms with Crippen LogP contribution in [0.1, 0.15) is 37.7 Å². The van der Waals surface area contributed by atoms with Crippen molar-refractivity contribution in [3.8, 4) is 11.1 Å². The lowest BCUT2D eigenvalue weighted by Gasteiger charge is -2.35. The Hall–Kier alpha value is -2.80. The van der Waals surface area contributed by atoms with Crippen molar-refractivity contribution < 1.29 is 24.2 Å². The number of Topliss-reactive ketones (excluding diaryl/α,β-unsaturated/α-hetero) is 1. The number of ether oxygens (including phenoxy) is 2. The van der Waals surface area contributed by atoms with Crippen LogP contribution in [0, 0.1) is 5.92 Å². The minimum atomic E-state index is -0.766. The van der Waals surface area contributed by atoms with Gasteiger partial charge in [0.15, 0.2) is 5.78 Å². The average Bonchev–Trinajstić information content (AvgIpc) is 3.20. The number of unbranched alkanes of at least 4 members (excludes halogenated alkanes) is 1. The van der Waals surface area contributed by atoms with Gasteiger partial charge in [0.05, 0.1) is 32.0 Å². The van der Waals surface area contributed by atoms with E-state index in [9.17, 15) is 9.59 Å². The van der Waals surface area contributed by atoms with E-state index in [1.165, 1.54) is 11.1 Å². The number of allylic oxidation sites excluding steroid dienone is 2. The molecule has 4 rings (SSSR count). The Labute approximate surface area is 207 Å². The van der Waals surface area contributed by atoms with Crippen LogP contribution in [0.2, 0.25) is 0 Å². The molecule has 0 bridgehead atoms. The first-order chi connectivity index (χ1) is 17.1. The standard InChI is InChI=1S/C29H35NO5/c31-26-20-27(35-21-22-12-14-24(15-13-22)23-8-4-3-5-9-23)25(10-6-1-2-7-11-28(32)33)29(26)30-16-18-34-19-17-30/h1,3-6,8-9,12-15,25,27,29H,2,7,10-11,16-21H2,(H,32,33). The third-order valence-corrected chi connectivity index (χ3v) is 6.92. The van der Waals surface area contributed by atoms with Gasteiger partial charge in [0.1, 0.15) is 0 Å². The minimum Gasteiger partial charge on any atom is -0.481 e. The lowest BCUT2D eigenvalue weighted by Crippen LogP contribution is -2.49. The zero-order valence-electron chi connectivity index (χ0n) is 20.2. The van der Waals surface area contributed by atoms with E-state index in [2.05, 4.69) is 47.4 Å². The van der Waals surface area contributed by atoms with E-state index < -0.39 is 5.97 Å². The first kappa shape index (κ1) is 25.3. The Balaban J connectivity index is 1.38. The van der Waals surface area contributed by atoms with Gasteiger partial charge in [-0.2, -0.15) is 0 Å². The van der Waals surface area contributed by atoms with E-state index in [-0.39, 0.29) is 30.3 Å². The van der Waals surface area contributed by atoms with Crippen molar-refractivity contribution in [1.82, 2.24) is 4.90 Å². The lowest BCUT2D eigenvalue weighted by atomic mass is 9.95. The van der Waals surface area contributed by atoms with Crippen LogP contribution in [0.3, 0.4) is 0 Å². The predicted molar refractivity (Wildman–Crippen MR) is 135 cm³/mol. The van der Waals surface area contributed by atoms with Crippen LogP contribution < -0.4 is 0 Å². The summed E-state index contributed by atoms with van der Waals surface area (Å²) in [5.74, 6) is -0.432. The van der Waals surface area contributed by atoms with E-state index in [1.807, 2.05) is 24.3 Å². The second-order valence-corrected chi connectivity index (χ2v) is 9.33. The number of rotatable bonds is 11. The maximum atomic E-state index is 13.1. The Bertz CT molecular complexity index is 982. The van der Waals surface area contributed by atoms with Crippen LogP contribution in [0.25, 0.3) is 11.1 Å². The molecule has 0 amide bonds. The molecule has 0 spiro atoms. The predicted octanol–water partition coefficient (Wildman–Crippen LogP) is 4.73. The van der Waals surface area contributed by atoms with Crippen molar-refractivity contribution in [3.63, 3.8) is 0 Å². The molecule has 1 saturated carbocycles. The van der Waals surface area contributed by atoms with Crippen LogP contribution in [0.5, 0.6) is 0 Å². The molecule has 1 N–H and O–H groups in total. The Kier molecular flexibility index (Phi) is 9.23. The second kappa shape index (κ2) is 12.8. The van der Waals surface area contributed by atoms with E-state index in [0.717, 1.165) is 31.5 Å². The number of nitrogens with zero attached hydrogens (tertiary/aromatic N) is 1. The van der Waals surface area contributed by atoms with Gasteiger partial charge in [0.2, 0.25) is 0 Å². The molecule has 3 atom stereocenters. The van der Waals surface area contributed by atoms with Crippen molar-refractivity contribution in [2.75, 3.05) is 26.3 Å². The normalized spacial score (nSPS) is 23.2. The molecule has 2 aromatic carbocycles. The van der Waals surface area contributed by atoms with E-state index in [0.29, 0.717) is 32.7 Å². The van der Waals surface area contributed by atoms with Gasteiger partial charge in [-0.3, -0.25) is 14.5 Å². The topological polar surface area (TPSA) is 76.1 Å². The van der Waals surface area contributed by atoms with Gasteiger partial charge in [0, 0.05) is 31.8 Å². The number of aliphatic carboxylic acids is 1. The molecule has 1 aliphatic carbocycles. The highest BCUT2D eigenvalue weighted by molar-refractivity contribution is 5.87. The van der Waals surface area contributed by atoms with Crippen LogP contribution in [-0.2, 0) is 25.7 Å². The number of morpholine rings is 1. The summed E-state index contributed by atoms with van der Waals surface area (Å²) >= 11 is 0. The molecular weight excluding hydrogens is 442 g/mol. The minimum absolute atomic E-state index is 0.0833. The second-order valence-electron chi connectivity index (χ2n) is 9.33. The van der Waals surface area contributed by atoms with Crippen molar-refractivity contribution in [2.24, 2.45) is 5.92 Å². The summed E-state index contributed by atoms with van der Waals surface area (Å²) in [5, 5.41) is 8.82. The third kappa shape index (κ3) is 7.10. The van der Waals surface area contributed by atoms with Crippen molar-refractivity contribution in [1.29, 1.82) is 0 Å². The van der Waals surface area contributed by atoms with Gasteiger partial charge in [-0.15, -0.1) is 0 Å². The smallest absolute Gasteiger partial charge is 0.303 e. The van der Waals surface area contributed by atoms with E-state index in [4.69, 9.17) is 14.6 Å². The fourth-order valence-electron chi connectivity index (χ4n) is 5.08. The Morgan fingerprint density at radius 1 is 1.03 bits per heavy atom. The first-order valence-electron chi connectivity index (χ1n) is 12.6. The number of benzene rings is 2. The number of ketones is 1. The zero-order chi connectivity index (χ0) is 24.5. The third-order valence-electron chi connectivity index (χ3n) is 6.92. The fraction of sp³-hybridized carbons (Fsp3) is 0.448. The summed E-state index contributed by atoms with van der Waals surface area (Å²) in [7, 11) is 0. The molecule has 186 valence electrons.